The summed E-state index contributed by atoms with van der Waals surface area (Å²) in [6.45, 7) is 1.76. The Balaban J connectivity index is 2.07. The van der Waals surface area contributed by atoms with Crippen LogP contribution in [0.3, 0.4) is 0 Å². The monoisotopic (exact) mass is 255 g/mol. The fourth-order valence-corrected chi connectivity index (χ4v) is 2.78. The van der Waals surface area contributed by atoms with Gasteiger partial charge in [-0.1, -0.05) is 36.4 Å². The Morgan fingerprint density at radius 2 is 1.89 bits per heavy atom. The molecule has 18 heavy (non-hydrogen) atoms. The van der Waals surface area contributed by atoms with Crippen LogP contribution < -0.4 is 0 Å². The molecule has 1 aromatic heterocycles. The number of rotatable bonds is 2. The minimum absolute atomic E-state index is 0.447. The van der Waals surface area contributed by atoms with E-state index < -0.39 is 6.10 Å². The summed E-state index contributed by atoms with van der Waals surface area (Å²) in [5.74, 6) is 0. The molecule has 0 amide bonds. The summed E-state index contributed by atoms with van der Waals surface area (Å²) in [6, 6.07) is 14.6. The van der Waals surface area contributed by atoms with Gasteiger partial charge < -0.3 is 5.11 Å². The van der Waals surface area contributed by atoms with Gasteiger partial charge in [-0.3, -0.25) is 0 Å². The maximum absolute atomic E-state index is 9.53. The zero-order valence-corrected chi connectivity index (χ0v) is 10.8. The Morgan fingerprint density at radius 3 is 2.61 bits per heavy atom. The van der Waals surface area contributed by atoms with E-state index in [0.29, 0.717) is 0 Å². The molecule has 0 radical (unpaired) electrons. The summed E-state index contributed by atoms with van der Waals surface area (Å²) in [6.07, 6.45) is 1.30. The van der Waals surface area contributed by atoms with Crippen LogP contribution in [0.25, 0.3) is 21.3 Å². The standard InChI is InChI=1S/C15H13NOS/c1-10(17)14-9-16-15(18-14)13-7-6-11-4-2-3-5-12(11)8-13/h2-10,17H,1H3. The van der Waals surface area contributed by atoms with E-state index in [1.165, 1.54) is 10.8 Å². The normalized spacial score (nSPS) is 12.8. The Bertz CT molecular complexity index is 688. The Hall–Kier alpha value is -1.71. The molecular weight excluding hydrogens is 242 g/mol. The van der Waals surface area contributed by atoms with Gasteiger partial charge in [0.15, 0.2) is 0 Å². The zero-order chi connectivity index (χ0) is 12.5. The fraction of sp³-hybridized carbons (Fsp3) is 0.133. The first-order valence-electron chi connectivity index (χ1n) is 5.87. The van der Waals surface area contributed by atoms with Crippen LogP contribution in [0.15, 0.2) is 48.7 Å². The molecule has 0 aliphatic carbocycles. The average molecular weight is 255 g/mol. The second-order valence-electron chi connectivity index (χ2n) is 4.31. The third-order valence-corrected chi connectivity index (χ3v) is 4.15. The smallest absolute Gasteiger partial charge is 0.123 e. The summed E-state index contributed by atoms with van der Waals surface area (Å²) in [7, 11) is 0. The molecule has 0 saturated carbocycles. The Morgan fingerprint density at radius 1 is 1.11 bits per heavy atom. The highest BCUT2D eigenvalue weighted by molar-refractivity contribution is 7.15. The molecule has 1 atom stereocenters. The molecule has 0 fully saturated rings. The molecule has 3 heteroatoms. The lowest BCUT2D eigenvalue weighted by molar-refractivity contribution is 0.203. The number of benzene rings is 2. The van der Waals surface area contributed by atoms with Crippen molar-refractivity contribution in [2.75, 3.05) is 0 Å². The van der Waals surface area contributed by atoms with Gasteiger partial charge in [0.2, 0.25) is 0 Å². The molecular formula is C15H13NOS. The summed E-state index contributed by atoms with van der Waals surface area (Å²) >= 11 is 1.54. The van der Waals surface area contributed by atoms with Crippen molar-refractivity contribution < 1.29 is 5.11 Å². The number of aliphatic hydroxyl groups excluding tert-OH is 1. The van der Waals surface area contributed by atoms with E-state index in [-0.39, 0.29) is 0 Å². The van der Waals surface area contributed by atoms with Crippen LogP contribution in [-0.4, -0.2) is 10.1 Å². The van der Waals surface area contributed by atoms with E-state index in [2.05, 4.69) is 35.3 Å². The summed E-state index contributed by atoms with van der Waals surface area (Å²) in [5, 5.41) is 12.9. The topological polar surface area (TPSA) is 33.1 Å². The summed E-state index contributed by atoms with van der Waals surface area (Å²) in [4.78, 5) is 5.27. The van der Waals surface area contributed by atoms with Gasteiger partial charge in [0, 0.05) is 11.8 Å². The van der Waals surface area contributed by atoms with Gasteiger partial charge in [-0.15, -0.1) is 11.3 Å². The number of nitrogens with zero attached hydrogens (tertiary/aromatic N) is 1. The number of hydrogen-bond acceptors (Lipinski definition) is 3. The van der Waals surface area contributed by atoms with Crippen molar-refractivity contribution >= 4 is 22.1 Å². The molecule has 0 bridgehead atoms. The molecule has 0 spiro atoms. The minimum atomic E-state index is -0.447. The minimum Gasteiger partial charge on any atom is -0.388 e. The van der Waals surface area contributed by atoms with Gasteiger partial charge in [0.25, 0.3) is 0 Å². The zero-order valence-electron chi connectivity index (χ0n) is 10.00. The molecule has 0 aliphatic rings. The van der Waals surface area contributed by atoms with Crippen LogP contribution in [0.2, 0.25) is 0 Å². The van der Waals surface area contributed by atoms with Crippen molar-refractivity contribution in [3.05, 3.63) is 53.5 Å². The first-order valence-corrected chi connectivity index (χ1v) is 6.68. The van der Waals surface area contributed by atoms with Crippen LogP contribution in [0.4, 0.5) is 0 Å². The SMILES string of the molecule is CC(O)c1cnc(-c2ccc3ccccc3c2)s1. The van der Waals surface area contributed by atoms with E-state index in [1.807, 2.05) is 12.1 Å². The van der Waals surface area contributed by atoms with Gasteiger partial charge in [0.05, 0.1) is 11.0 Å². The number of aromatic nitrogens is 1. The molecule has 3 aromatic rings. The predicted octanol–water partition coefficient (Wildman–Crippen LogP) is 4.02. The maximum Gasteiger partial charge on any atom is 0.123 e. The van der Waals surface area contributed by atoms with Gasteiger partial charge in [-0.2, -0.15) is 0 Å². The van der Waals surface area contributed by atoms with E-state index in [9.17, 15) is 5.11 Å². The lowest BCUT2D eigenvalue weighted by Crippen LogP contribution is -1.83. The molecule has 2 aromatic carbocycles. The molecule has 3 rings (SSSR count). The van der Waals surface area contributed by atoms with Gasteiger partial charge >= 0.3 is 0 Å². The highest BCUT2D eigenvalue weighted by Gasteiger charge is 2.08. The second kappa shape index (κ2) is 4.52. The molecule has 0 aliphatic heterocycles. The van der Waals surface area contributed by atoms with Crippen molar-refractivity contribution in [1.29, 1.82) is 0 Å². The number of hydrogen-bond donors (Lipinski definition) is 1. The average Bonchev–Trinajstić information content (AvgIpc) is 2.88. The van der Waals surface area contributed by atoms with Crippen molar-refractivity contribution in [3.63, 3.8) is 0 Å². The maximum atomic E-state index is 9.53. The van der Waals surface area contributed by atoms with Gasteiger partial charge in [-0.05, 0) is 23.8 Å². The first-order chi connectivity index (χ1) is 8.74. The predicted molar refractivity (Wildman–Crippen MR) is 75.7 cm³/mol. The van der Waals surface area contributed by atoms with Gasteiger partial charge in [-0.25, -0.2) is 4.98 Å². The number of thiazole rings is 1. The third kappa shape index (κ3) is 2.03. The lowest BCUT2D eigenvalue weighted by Gasteiger charge is -2.00. The van der Waals surface area contributed by atoms with Gasteiger partial charge in [0.1, 0.15) is 5.01 Å². The fourth-order valence-electron chi connectivity index (χ4n) is 1.94. The Labute approximate surface area is 110 Å². The van der Waals surface area contributed by atoms with Crippen molar-refractivity contribution in [2.45, 2.75) is 13.0 Å². The highest BCUT2D eigenvalue weighted by atomic mass is 32.1. The van der Waals surface area contributed by atoms with Crippen LogP contribution >= 0.6 is 11.3 Å². The molecule has 1 N–H and O–H groups in total. The second-order valence-corrected chi connectivity index (χ2v) is 5.37. The van der Waals surface area contributed by atoms with Crippen LogP contribution in [0.5, 0.6) is 0 Å². The first kappa shape index (κ1) is 11.4. The quantitative estimate of drug-likeness (QED) is 0.750. The van der Waals surface area contributed by atoms with Crippen molar-refractivity contribution in [3.8, 4) is 10.6 Å². The number of aliphatic hydroxyl groups is 1. The molecule has 1 heterocycles. The molecule has 2 nitrogen and oxygen atoms in total. The van der Waals surface area contributed by atoms with E-state index in [1.54, 1.807) is 24.5 Å². The van der Waals surface area contributed by atoms with E-state index in [4.69, 9.17) is 0 Å². The summed E-state index contributed by atoms with van der Waals surface area (Å²) < 4.78 is 0. The molecule has 90 valence electrons. The third-order valence-electron chi connectivity index (χ3n) is 2.93. The number of fused-ring (bicyclic) bond motifs is 1. The molecule has 0 saturated heterocycles. The lowest BCUT2D eigenvalue weighted by atomic mass is 10.1. The highest BCUT2D eigenvalue weighted by Crippen LogP contribution is 2.30. The Kier molecular flexibility index (Phi) is 2.86. The van der Waals surface area contributed by atoms with Crippen LogP contribution in [0, 0.1) is 0 Å². The van der Waals surface area contributed by atoms with E-state index in [0.717, 1.165) is 15.4 Å². The van der Waals surface area contributed by atoms with Crippen LogP contribution in [0.1, 0.15) is 17.9 Å². The van der Waals surface area contributed by atoms with E-state index >= 15 is 0 Å². The van der Waals surface area contributed by atoms with Crippen molar-refractivity contribution in [2.24, 2.45) is 0 Å². The molecule has 1 unspecified atom stereocenters. The summed E-state index contributed by atoms with van der Waals surface area (Å²) in [5.41, 5.74) is 1.10. The largest absolute Gasteiger partial charge is 0.388 e. The van der Waals surface area contributed by atoms with Crippen molar-refractivity contribution in [1.82, 2.24) is 4.98 Å². The van der Waals surface area contributed by atoms with Crippen LogP contribution in [-0.2, 0) is 0 Å².